The summed E-state index contributed by atoms with van der Waals surface area (Å²) in [6, 6.07) is 9.68. The highest BCUT2D eigenvalue weighted by Crippen LogP contribution is 2.20. The molecule has 3 heteroatoms. The molecular weight excluding hydrogens is 212 g/mol. The molecule has 17 heavy (non-hydrogen) atoms. The van der Waals surface area contributed by atoms with E-state index >= 15 is 0 Å². The molecule has 1 N–H and O–H groups in total. The maximum atomic E-state index is 9.89. The first-order chi connectivity index (χ1) is 8.06. The summed E-state index contributed by atoms with van der Waals surface area (Å²) in [5.74, 6) is 0.738. The highest BCUT2D eigenvalue weighted by atomic mass is 16.3. The maximum absolute atomic E-state index is 9.89. The van der Waals surface area contributed by atoms with Gasteiger partial charge in [-0.2, -0.15) is 5.10 Å². The molecule has 0 atom stereocenters. The van der Waals surface area contributed by atoms with Gasteiger partial charge in [0.05, 0.1) is 11.4 Å². The van der Waals surface area contributed by atoms with Gasteiger partial charge in [-0.15, -0.1) is 0 Å². The lowest BCUT2D eigenvalue weighted by Crippen LogP contribution is -1.99. The van der Waals surface area contributed by atoms with E-state index in [4.69, 9.17) is 0 Å². The molecule has 0 aliphatic rings. The summed E-state index contributed by atoms with van der Waals surface area (Å²) in [5, 5.41) is 14.3. The molecule has 0 saturated heterocycles. The van der Waals surface area contributed by atoms with Gasteiger partial charge in [0.1, 0.15) is 0 Å². The van der Waals surface area contributed by atoms with Gasteiger partial charge >= 0.3 is 0 Å². The number of aromatic hydroxyl groups is 1. The summed E-state index contributed by atoms with van der Waals surface area (Å²) >= 11 is 0. The molecule has 90 valence electrons. The minimum absolute atomic E-state index is 0.200. The molecule has 1 aromatic carbocycles. The lowest BCUT2D eigenvalue weighted by molar-refractivity contribution is 0.433. The van der Waals surface area contributed by atoms with E-state index in [1.54, 1.807) is 10.7 Å². The highest BCUT2D eigenvalue weighted by Gasteiger charge is 2.09. The van der Waals surface area contributed by atoms with Gasteiger partial charge in [-0.05, 0) is 37.0 Å². The van der Waals surface area contributed by atoms with Crippen LogP contribution in [0.4, 0.5) is 0 Å². The Labute approximate surface area is 102 Å². The highest BCUT2D eigenvalue weighted by molar-refractivity contribution is 5.38. The Morgan fingerprint density at radius 2 is 2.06 bits per heavy atom. The Hall–Kier alpha value is -1.77. The fraction of sp³-hybridized carbons (Fsp3) is 0.357. The van der Waals surface area contributed by atoms with Crippen molar-refractivity contribution in [3.63, 3.8) is 0 Å². The van der Waals surface area contributed by atoms with E-state index in [0.717, 1.165) is 23.4 Å². The second-order valence-corrected chi connectivity index (χ2v) is 4.84. The molecule has 2 rings (SSSR count). The van der Waals surface area contributed by atoms with Gasteiger partial charge in [-0.25, -0.2) is 4.68 Å². The van der Waals surface area contributed by atoms with Crippen molar-refractivity contribution >= 4 is 0 Å². The fourth-order valence-electron chi connectivity index (χ4n) is 1.89. The first-order valence-electron chi connectivity index (χ1n) is 5.91. The van der Waals surface area contributed by atoms with Crippen molar-refractivity contribution in [3.8, 4) is 11.6 Å². The van der Waals surface area contributed by atoms with E-state index < -0.39 is 0 Å². The van der Waals surface area contributed by atoms with E-state index in [1.165, 1.54) is 0 Å². The monoisotopic (exact) mass is 230 g/mol. The number of nitrogens with zero attached hydrogens (tertiary/aromatic N) is 2. The number of benzene rings is 1. The number of hydrogen-bond acceptors (Lipinski definition) is 2. The van der Waals surface area contributed by atoms with Crippen LogP contribution in [0.15, 0.2) is 30.3 Å². The lowest BCUT2D eigenvalue weighted by atomic mass is 10.1. The Balaban J connectivity index is 2.36. The third kappa shape index (κ3) is 2.67. The molecule has 0 spiro atoms. The zero-order chi connectivity index (χ0) is 12.4. The fourth-order valence-corrected chi connectivity index (χ4v) is 1.89. The normalized spacial score (nSPS) is 11.1. The number of aromatic nitrogens is 2. The third-order valence-electron chi connectivity index (χ3n) is 2.60. The Kier molecular flexibility index (Phi) is 3.18. The molecular formula is C14H18N2O. The minimum Gasteiger partial charge on any atom is -0.493 e. The van der Waals surface area contributed by atoms with Gasteiger partial charge in [0.2, 0.25) is 5.88 Å². The molecule has 2 aromatic rings. The van der Waals surface area contributed by atoms with Crippen LogP contribution in [0, 0.1) is 12.8 Å². The quantitative estimate of drug-likeness (QED) is 0.880. The standard InChI is InChI=1S/C14H18N2O/c1-10(2)7-12-9-14(17)16(15-12)13-6-4-5-11(3)8-13/h4-6,8-10,17H,7H2,1-3H3. The van der Waals surface area contributed by atoms with Crippen LogP contribution in [0.5, 0.6) is 5.88 Å². The topological polar surface area (TPSA) is 38.0 Å². The average Bonchev–Trinajstić information content (AvgIpc) is 2.58. The summed E-state index contributed by atoms with van der Waals surface area (Å²) in [5.41, 5.74) is 2.99. The van der Waals surface area contributed by atoms with Crippen molar-refractivity contribution in [1.82, 2.24) is 9.78 Å². The summed E-state index contributed by atoms with van der Waals surface area (Å²) in [6.07, 6.45) is 0.881. The van der Waals surface area contributed by atoms with Gasteiger partial charge in [-0.1, -0.05) is 26.0 Å². The molecule has 3 nitrogen and oxygen atoms in total. The van der Waals surface area contributed by atoms with E-state index in [1.807, 2.05) is 31.2 Å². The molecule has 1 heterocycles. The van der Waals surface area contributed by atoms with Crippen LogP contribution in [0.25, 0.3) is 5.69 Å². The first-order valence-corrected chi connectivity index (χ1v) is 5.91. The molecule has 0 saturated carbocycles. The molecule has 0 fully saturated rings. The molecule has 0 bridgehead atoms. The average molecular weight is 230 g/mol. The van der Waals surface area contributed by atoms with E-state index in [-0.39, 0.29) is 5.88 Å². The van der Waals surface area contributed by atoms with Crippen molar-refractivity contribution in [2.75, 3.05) is 0 Å². The Morgan fingerprint density at radius 3 is 2.71 bits per heavy atom. The van der Waals surface area contributed by atoms with Crippen molar-refractivity contribution < 1.29 is 5.11 Å². The van der Waals surface area contributed by atoms with Crippen LogP contribution >= 0.6 is 0 Å². The molecule has 0 unspecified atom stereocenters. The number of hydrogen-bond donors (Lipinski definition) is 1. The van der Waals surface area contributed by atoms with Crippen molar-refractivity contribution in [1.29, 1.82) is 0 Å². The zero-order valence-electron chi connectivity index (χ0n) is 10.5. The van der Waals surface area contributed by atoms with Gasteiger partial charge in [-0.3, -0.25) is 0 Å². The maximum Gasteiger partial charge on any atom is 0.214 e. The minimum atomic E-state index is 0.200. The Morgan fingerprint density at radius 1 is 1.29 bits per heavy atom. The zero-order valence-corrected chi connectivity index (χ0v) is 10.5. The predicted molar refractivity (Wildman–Crippen MR) is 68.5 cm³/mol. The van der Waals surface area contributed by atoms with E-state index in [2.05, 4.69) is 18.9 Å². The smallest absolute Gasteiger partial charge is 0.214 e. The van der Waals surface area contributed by atoms with Crippen LogP contribution in [0.3, 0.4) is 0 Å². The lowest BCUT2D eigenvalue weighted by Gasteiger charge is -2.04. The van der Waals surface area contributed by atoms with Crippen molar-refractivity contribution in [2.24, 2.45) is 5.92 Å². The van der Waals surface area contributed by atoms with Gasteiger partial charge < -0.3 is 5.11 Å². The van der Waals surface area contributed by atoms with Gasteiger partial charge in [0.25, 0.3) is 0 Å². The summed E-state index contributed by atoms with van der Waals surface area (Å²) in [6.45, 7) is 6.31. The SMILES string of the molecule is Cc1cccc(-n2nc(CC(C)C)cc2O)c1. The molecule has 0 amide bonds. The number of rotatable bonds is 3. The van der Waals surface area contributed by atoms with Crippen LogP contribution in [0.1, 0.15) is 25.1 Å². The third-order valence-corrected chi connectivity index (χ3v) is 2.60. The van der Waals surface area contributed by atoms with E-state index in [0.29, 0.717) is 5.92 Å². The summed E-state index contributed by atoms with van der Waals surface area (Å²) < 4.78 is 1.59. The van der Waals surface area contributed by atoms with Crippen molar-refractivity contribution in [3.05, 3.63) is 41.6 Å². The molecule has 0 radical (unpaired) electrons. The van der Waals surface area contributed by atoms with E-state index in [9.17, 15) is 5.11 Å². The molecule has 0 aliphatic heterocycles. The largest absolute Gasteiger partial charge is 0.493 e. The first kappa shape index (κ1) is 11.7. The van der Waals surface area contributed by atoms with Crippen LogP contribution in [-0.2, 0) is 6.42 Å². The summed E-state index contributed by atoms with van der Waals surface area (Å²) in [7, 11) is 0. The van der Waals surface area contributed by atoms with Gasteiger partial charge in [0.15, 0.2) is 0 Å². The Bertz CT molecular complexity index is 515. The van der Waals surface area contributed by atoms with Crippen LogP contribution in [-0.4, -0.2) is 14.9 Å². The second kappa shape index (κ2) is 4.62. The molecule has 1 aromatic heterocycles. The molecule has 0 aliphatic carbocycles. The number of aryl methyl sites for hydroxylation is 1. The van der Waals surface area contributed by atoms with Crippen LogP contribution in [0.2, 0.25) is 0 Å². The predicted octanol–water partition coefficient (Wildman–Crippen LogP) is 3.08. The second-order valence-electron chi connectivity index (χ2n) is 4.84. The van der Waals surface area contributed by atoms with Gasteiger partial charge in [0, 0.05) is 6.07 Å². The summed E-state index contributed by atoms with van der Waals surface area (Å²) in [4.78, 5) is 0. The van der Waals surface area contributed by atoms with Crippen molar-refractivity contribution in [2.45, 2.75) is 27.2 Å². The van der Waals surface area contributed by atoms with Crippen LogP contribution < -0.4 is 0 Å².